The molecule has 16 heavy (non-hydrogen) atoms. The number of aliphatic hydroxyl groups is 1. The van der Waals surface area contributed by atoms with Crippen LogP contribution in [0.4, 0.5) is 0 Å². The molecule has 0 radical (unpaired) electrons. The number of aliphatic hydroxyl groups excluding tert-OH is 1. The number of sulfonamides is 1. The van der Waals surface area contributed by atoms with Gasteiger partial charge in [0.2, 0.25) is 10.0 Å². The number of rotatable bonds is 4. The first-order valence-electron chi connectivity index (χ1n) is 5.25. The van der Waals surface area contributed by atoms with Gasteiger partial charge in [0.15, 0.2) is 0 Å². The number of hydrogen-bond acceptors (Lipinski definition) is 3. The largest absolute Gasteiger partial charge is 0.396 e. The van der Waals surface area contributed by atoms with Crippen LogP contribution in [0, 0.1) is 6.92 Å². The molecule has 0 spiro atoms. The van der Waals surface area contributed by atoms with Gasteiger partial charge in [0.05, 0.1) is 4.90 Å². The Kier molecular flexibility index (Phi) is 3.01. The van der Waals surface area contributed by atoms with Crippen LogP contribution in [0.3, 0.4) is 0 Å². The van der Waals surface area contributed by atoms with Crippen molar-refractivity contribution in [3.8, 4) is 0 Å². The van der Waals surface area contributed by atoms with E-state index in [1.54, 1.807) is 24.3 Å². The van der Waals surface area contributed by atoms with Gasteiger partial charge in [-0.15, -0.1) is 0 Å². The number of hydrogen-bond donors (Lipinski definition) is 1. The van der Waals surface area contributed by atoms with Crippen molar-refractivity contribution in [2.24, 2.45) is 0 Å². The normalized spacial score (nSPS) is 24.4. The van der Waals surface area contributed by atoms with Crippen molar-refractivity contribution < 1.29 is 13.5 Å². The molecule has 0 saturated carbocycles. The summed E-state index contributed by atoms with van der Waals surface area (Å²) in [6.45, 7) is 2.48. The molecule has 4 nitrogen and oxygen atoms in total. The van der Waals surface area contributed by atoms with Crippen LogP contribution >= 0.6 is 0 Å². The summed E-state index contributed by atoms with van der Waals surface area (Å²) in [5.41, 5.74) is 1.04. The highest BCUT2D eigenvalue weighted by Crippen LogP contribution is 2.29. The van der Waals surface area contributed by atoms with Crippen molar-refractivity contribution >= 4 is 10.0 Å². The SMILES string of the molecule is Cc1ccc(S(=O)(=O)N2CC2CCO)cc1. The Morgan fingerprint density at radius 2 is 2.00 bits per heavy atom. The summed E-state index contributed by atoms with van der Waals surface area (Å²) in [4.78, 5) is 0.332. The van der Waals surface area contributed by atoms with Crippen LogP contribution in [0.1, 0.15) is 12.0 Å². The summed E-state index contributed by atoms with van der Waals surface area (Å²) in [6.07, 6.45) is 0.519. The summed E-state index contributed by atoms with van der Waals surface area (Å²) < 4.78 is 25.5. The summed E-state index contributed by atoms with van der Waals surface area (Å²) in [7, 11) is -3.33. The van der Waals surface area contributed by atoms with Crippen LogP contribution in [-0.4, -0.2) is 37.0 Å². The van der Waals surface area contributed by atoms with Crippen LogP contribution in [0.2, 0.25) is 0 Å². The van der Waals surface area contributed by atoms with Crippen LogP contribution in [0.25, 0.3) is 0 Å². The highest BCUT2D eigenvalue weighted by Gasteiger charge is 2.43. The Balaban J connectivity index is 2.18. The maximum absolute atomic E-state index is 12.0. The van der Waals surface area contributed by atoms with Crippen molar-refractivity contribution in [2.45, 2.75) is 24.3 Å². The summed E-state index contributed by atoms with van der Waals surface area (Å²) in [6, 6.07) is 6.81. The molecule has 1 saturated heterocycles. The van der Waals surface area contributed by atoms with E-state index in [9.17, 15) is 8.42 Å². The fourth-order valence-electron chi connectivity index (χ4n) is 1.68. The average molecular weight is 241 g/mol. The molecule has 0 aromatic heterocycles. The first-order valence-corrected chi connectivity index (χ1v) is 6.69. The Bertz CT molecular complexity index is 467. The van der Waals surface area contributed by atoms with Gasteiger partial charge in [0.25, 0.3) is 0 Å². The van der Waals surface area contributed by atoms with E-state index in [1.807, 2.05) is 6.92 Å². The molecule has 1 aliphatic rings. The van der Waals surface area contributed by atoms with Crippen LogP contribution < -0.4 is 0 Å². The summed E-state index contributed by atoms with van der Waals surface area (Å²) in [5, 5.41) is 8.75. The number of aryl methyl sites for hydroxylation is 1. The molecule has 2 rings (SSSR count). The van der Waals surface area contributed by atoms with Gasteiger partial charge in [-0.25, -0.2) is 8.42 Å². The minimum Gasteiger partial charge on any atom is -0.396 e. The van der Waals surface area contributed by atoms with E-state index < -0.39 is 10.0 Å². The smallest absolute Gasteiger partial charge is 0.243 e. The van der Waals surface area contributed by atoms with E-state index in [2.05, 4.69) is 0 Å². The number of benzene rings is 1. The number of nitrogens with zero attached hydrogens (tertiary/aromatic N) is 1. The lowest BCUT2D eigenvalue weighted by atomic mass is 10.2. The molecule has 1 heterocycles. The second-order valence-corrected chi connectivity index (χ2v) is 5.94. The van der Waals surface area contributed by atoms with Gasteiger partial charge in [-0.2, -0.15) is 4.31 Å². The molecule has 0 bridgehead atoms. The van der Waals surface area contributed by atoms with Crippen molar-refractivity contribution in [1.29, 1.82) is 0 Å². The van der Waals surface area contributed by atoms with E-state index in [0.29, 0.717) is 17.9 Å². The lowest BCUT2D eigenvalue weighted by Gasteiger charge is -2.06. The van der Waals surface area contributed by atoms with E-state index in [4.69, 9.17) is 5.11 Å². The zero-order valence-electron chi connectivity index (χ0n) is 9.13. The average Bonchev–Trinajstić information content (AvgIpc) is 2.99. The Hall–Kier alpha value is -0.910. The second kappa shape index (κ2) is 4.16. The molecule has 2 atom stereocenters. The fraction of sp³-hybridized carbons (Fsp3) is 0.455. The van der Waals surface area contributed by atoms with Gasteiger partial charge in [-0.05, 0) is 25.5 Å². The lowest BCUT2D eigenvalue weighted by molar-refractivity contribution is 0.284. The fourth-order valence-corrected chi connectivity index (χ4v) is 3.30. The third-order valence-electron chi connectivity index (χ3n) is 2.75. The molecular formula is C11H15NO3S. The molecular weight excluding hydrogens is 226 g/mol. The predicted molar refractivity (Wildman–Crippen MR) is 60.6 cm³/mol. The molecule has 0 amide bonds. The molecule has 1 aromatic carbocycles. The zero-order chi connectivity index (χ0) is 11.8. The Morgan fingerprint density at radius 1 is 1.38 bits per heavy atom. The molecule has 1 N–H and O–H groups in total. The van der Waals surface area contributed by atoms with Crippen molar-refractivity contribution in [2.75, 3.05) is 13.2 Å². The first kappa shape index (κ1) is 11.6. The summed E-state index contributed by atoms with van der Waals surface area (Å²) >= 11 is 0. The van der Waals surface area contributed by atoms with E-state index in [0.717, 1.165) is 5.56 Å². The van der Waals surface area contributed by atoms with Gasteiger partial charge in [0.1, 0.15) is 0 Å². The Labute approximate surface area is 95.6 Å². The monoisotopic (exact) mass is 241 g/mol. The van der Waals surface area contributed by atoms with Crippen LogP contribution in [0.15, 0.2) is 29.2 Å². The van der Waals surface area contributed by atoms with E-state index >= 15 is 0 Å². The molecule has 88 valence electrons. The maximum Gasteiger partial charge on any atom is 0.243 e. The minimum atomic E-state index is -3.33. The van der Waals surface area contributed by atoms with E-state index in [1.165, 1.54) is 4.31 Å². The second-order valence-electron chi connectivity index (χ2n) is 4.05. The standard InChI is InChI=1S/C11H15NO3S/c1-9-2-4-11(5-3-9)16(14,15)12-8-10(12)6-7-13/h2-5,10,13H,6-8H2,1H3. The molecule has 1 fully saturated rings. The first-order chi connectivity index (χ1) is 7.55. The quantitative estimate of drug-likeness (QED) is 0.791. The molecule has 0 aliphatic carbocycles. The molecule has 1 aromatic rings. The van der Waals surface area contributed by atoms with Crippen LogP contribution in [-0.2, 0) is 10.0 Å². The van der Waals surface area contributed by atoms with E-state index in [-0.39, 0.29) is 12.6 Å². The van der Waals surface area contributed by atoms with Crippen molar-refractivity contribution in [3.05, 3.63) is 29.8 Å². The lowest BCUT2D eigenvalue weighted by Crippen LogP contribution is -2.15. The maximum atomic E-state index is 12.0. The van der Waals surface area contributed by atoms with Gasteiger partial charge in [0, 0.05) is 19.2 Å². The van der Waals surface area contributed by atoms with Crippen LogP contribution in [0.5, 0.6) is 0 Å². The third kappa shape index (κ3) is 2.11. The summed E-state index contributed by atoms with van der Waals surface area (Å²) in [5.74, 6) is 0. The topological polar surface area (TPSA) is 57.4 Å². The zero-order valence-corrected chi connectivity index (χ0v) is 9.94. The Morgan fingerprint density at radius 3 is 2.56 bits per heavy atom. The highest BCUT2D eigenvalue weighted by molar-refractivity contribution is 7.89. The highest BCUT2D eigenvalue weighted by atomic mass is 32.2. The van der Waals surface area contributed by atoms with Crippen molar-refractivity contribution in [3.63, 3.8) is 0 Å². The van der Waals surface area contributed by atoms with Gasteiger partial charge in [-0.3, -0.25) is 0 Å². The van der Waals surface area contributed by atoms with Gasteiger partial charge in [-0.1, -0.05) is 17.7 Å². The minimum absolute atomic E-state index is 0.0173. The van der Waals surface area contributed by atoms with Gasteiger partial charge >= 0.3 is 0 Å². The van der Waals surface area contributed by atoms with Crippen molar-refractivity contribution in [1.82, 2.24) is 4.31 Å². The molecule has 5 heteroatoms. The third-order valence-corrected chi connectivity index (χ3v) is 4.69. The molecule has 1 aliphatic heterocycles. The predicted octanol–water partition coefficient (Wildman–Crippen LogP) is 0.750. The van der Waals surface area contributed by atoms with Gasteiger partial charge < -0.3 is 5.11 Å². The molecule has 2 unspecified atom stereocenters.